The van der Waals surface area contributed by atoms with Crippen LogP contribution >= 0.6 is 15.9 Å². The van der Waals surface area contributed by atoms with Crippen LogP contribution in [0.25, 0.3) is 0 Å². The van der Waals surface area contributed by atoms with Crippen LogP contribution in [0.5, 0.6) is 0 Å². The van der Waals surface area contributed by atoms with Crippen molar-refractivity contribution in [2.24, 2.45) is 0 Å². The fourth-order valence-corrected chi connectivity index (χ4v) is 2.76. The van der Waals surface area contributed by atoms with Gasteiger partial charge in [-0.3, -0.25) is 0 Å². The monoisotopic (exact) mass is 335 g/mol. The molecular formula is C17H19BrFN. The van der Waals surface area contributed by atoms with Gasteiger partial charge in [0.1, 0.15) is 5.82 Å². The van der Waals surface area contributed by atoms with Crippen LogP contribution in [0.2, 0.25) is 0 Å². The van der Waals surface area contributed by atoms with Crippen LogP contribution in [0, 0.1) is 5.82 Å². The topological polar surface area (TPSA) is 12.0 Å². The van der Waals surface area contributed by atoms with Crippen LogP contribution in [0.1, 0.15) is 43.5 Å². The van der Waals surface area contributed by atoms with Gasteiger partial charge in [0.25, 0.3) is 0 Å². The zero-order valence-corrected chi connectivity index (χ0v) is 13.3. The molecule has 0 amide bonds. The van der Waals surface area contributed by atoms with Gasteiger partial charge >= 0.3 is 0 Å². The summed E-state index contributed by atoms with van der Waals surface area (Å²) in [4.78, 5) is 0. The van der Waals surface area contributed by atoms with E-state index in [-0.39, 0.29) is 17.9 Å². The Bertz CT molecular complexity index is 570. The van der Waals surface area contributed by atoms with Crippen LogP contribution in [-0.4, -0.2) is 0 Å². The first kappa shape index (κ1) is 15.2. The number of halogens is 2. The summed E-state index contributed by atoms with van der Waals surface area (Å²) >= 11 is 3.50. The highest BCUT2D eigenvalue weighted by Crippen LogP contribution is 2.24. The van der Waals surface area contributed by atoms with Crippen LogP contribution < -0.4 is 5.32 Å². The molecular weight excluding hydrogens is 317 g/mol. The molecule has 106 valence electrons. The van der Waals surface area contributed by atoms with Crippen LogP contribution in [0.3, 0.4) is 0 Å². The summed E-state index contributed by atoms with van der Waals surface area (Å²) < 4.78 is 14.4. The van der Waals surface area contributed by atoms with Crippen molar-refractivity contribution in [3.05, 3.63) is 69.9 Å². The summed E-state index contributed by atoms with van der Waals surface area (Å²) in [7, 11) is 0. The number of rotatable bonds is 5. The molecule has 2 rings (SSSR count). The average molecular weight is 336 g/mol. The minimum absolute atomic E-state index is 0.106. The van der Waals surface area contributed by atoms with Gasteiger partial charge in [0.15, 0.2) is 0 Å². The first-order chi connectivity index (χ1) is 9.60. The predicted molar refractivity (Wildman–Crippen MR) is 85.1 cm³/mol. The molecule has 0 aromatic heterocycles. The van der Waals surface area contributed by atoms with E-state index in [2.05, 4.69) is 47.2 Å². The molecule has 0 heterocycles. The molecule has 0 aliphatic rings. The molecule has 2 atom stereocenters. The smallest absolute Gasteiger partial charge is 0.123 e. The van der Waals surface area contributed by atoms with Gasteiger partial charge in [-0.15, -0.1) is 0 Å². The summed E-state index contributed by atoms with van der Waals surface area (Å²) in [5, 5.41) is 3.57. The molecule has 0 spiro atoms. The summed E-state index contributed by atoms with van der Waals surface area (Å²) in [5.74, 6) is -0.188. The largest absolute Gasteiger partial charge is 0.303 e. The Labute approximate surface area is 128 Å². The van der Waals surface area contributed by atoms with Crippen molar-refractivity contribution in [1.29, 1.82) is 0 Å². The normalized spacial score (nSPS) is 14.0. The predicted octanol–water partition coefficient (Wildman–Crippen LogP) is 5.39. The van der Waals surface area contributed by atoms with Crippen molar-refractivity contribution in [2.45, 2.75) is 32.4 Å². The van der Waals surface area contributed by atoms with Crippen LogP contribution in [-0.2, 0) is 0 Å². The Morgan fingerprint density at radius 2 is 1.80 bits per heavy atom. The van der Waals surface area contributed by atoms with Gasteiger partial charge in [-0.2, -0.15) is 0 Å². The van der Waals surface area contributed by atoms with Gasteiger partial charge < -0.3 is 5.32 Å². The number of hydrogen-bond donors (Lipinski definition) is 1. The number of hydrogen-bond acceptors (Lipinski definition) is 1. The van der Waals surface area contributed by atoms with Gasteiger partial charge in [-0.1, -0.05) is 47.1 Å². The van der Waals surface area contributed by atoms with E-state index in [9.17, 15) is 4.39 Å². The third kappa shape index (κ3) is 3.90. The fourth-order valence-electron chi connectivity index (χ4n) is 2.35. The zero-order valence-electron chi connectivity index (χ0n) is 11.7. The van der Waals surface area contributed by atoms with Gasteiger partial charge in [0.05, 0.1) is 0 Å². The lowest BCUT2D eigenvalue weighted by molar-refractivity contribution is 0.454. The van der Waals surface area contributed by atoms with E-state index >= 15 is 0 Å². The Morgan fingerprint density at radius 3 is 2.45 bits per heavy atom. The quantitative estimate of drug-likeness (QED) is 0.772. The zero-order chi connectivity index (χ0) is 14.5. The lowest BCUT2D eigenvalue weighted by Crippen LogP contribution is -2.24. The van der Waals surface area contributed by atoms with Crippen molar-refractivity contribution in [3.63, 3.8) is 0 Å². The molecule has 0 fully saturated rings. The highest BCUT2D eigenvalue weighted by Gasteiger charge is 2.14. The summed E-state index contributed by atoms with van der Waals surface area (Å²) in [6.45, 7) is 4.21. The van der Waals surface area contributed by atoms with Crippen molar-refractivity contribution >= 4 is 15.9 Å². The van der Waals surface area contributed by atoms with Gasteiger partial charge in [0.2, 0.25) is 0 Å². The van der Waals surface area contributed by atoms with Crippen molar-refractivity contribution < 1.29 is 4.39 Å². The Hall–Kier alpha value is -1.19. The van der Waals surface area contributed by atoms with Gasteiger partial charge in [0, 0.05) is 16.6 Å². The van der Waals surface area contributed by atoms with E-state index in [1.54, 1.807) is 12.1 Å². The molecule has 2 aromatic carbocycles. The maximum absolute atomic E-state index is 13.3. The average Bonchev–Trinajstić information content (AvgIpc) is 2.44. The SMILES string of the molecule is CCC(N[C@H](C)c1cccc(F)c1)c1cccc(Br)c1. The Kier molecular flexibility index (Phi) is 5.32. The number of nitrogens with one attached hydrogen (secondary N) is 1. The first-order valence-corrected chi connectivity index (χ1v) is 7.66. The second kappa shape index (κ2) is 7.00. The molecule has 0 saturated heterocycles. The molecule has 1 unspecified atom stereocenters. The molecule has 0 aliphatic heterocycles. The molecule has 0 radical (unpaired) electrons. The van der Waals surface area contributed by atoms with E-state index in [4.69, 9.17) is 0 Å². The van der Waals surface area contributed by atoms with Crippen molar-refractivity contribution in [1.82, 2.24) is 5.32 Å². The second-order valence-electron chi connectivity index (χ2n) is 4.96. The summed E-state index contributed by atoms with van der Waals surface area (Å²) in [6, 6.07) is 15.4. The minimum atomic E-state index is -0.188. The lowest BCUT2D eigenvalue weighted by Gasteiger charge is -2.23. The highest BCUT2D eigenvalue weighted by molar-refractivity contribution is 9.10. The number of benzene rings is 2. The summed E-state index contributed by atoms with van der Waals surface area (Å²) in [5.41, 5.74) is 2.21. The molecule has 20 heavy (non-hydrogen) atoms. The Morgan fingerprint density at radius 1 is 1.10 bits per heavy atom. The van der Waals surface area contributed by atoms with E-state index in [0.717, 1.165) is 16.5 Å². The minimum Gasteiger partial charge on any atom is -0.303 e. The molecule has 0 bridgehead atoms. The molecule has 0 saturated carbocycles. The van der Waals surface area contributed by atoms with E-state index in [1.165, 1.54) is 11.6 Å². The van der Waals surface area contributed by atoms with E-state index in [0.29, 0.717) is 0 Å². The van der Waals surface area contributed by atoms with Gasteiger partial charge in [-0.25, -0.2) is 4.39 Å². The maximum Gasteiger partial charge on any atom is 0.123 e. The van der Waals surface area contributed by atoms with Gasteiger partial charge in [-0.05, 0) is 48.7 Å². The Balaban J connectivity index is 2.14. The third-order valence-electron chi connectivity index (χ3n) is 3.46. The first-order valence-electron chi connectivity index (χ1n) is 6.87. The molecule has 3 heteroatoms. The standard InChI is InChI=1S/C17H19BrFN/c1-3-17(14-7-4-8-15(18)10-14)20-12(2)13-6-5-9-16(19)11-13/h4-12,17,20H,3H2,1-2H3/t12-,17?/m1/s1. The van der Waals surface area contributed by atoms with Crippen molar-refractivity contribution in [2.75, 3.05) is 0 Å². The maximum atomic E-state index is 13.3. The summed E-state index contributed by atoms with van der Waals surface area (Å²) in [6.07, 6.45) is 0.982. The van der Waals surface area contributed by atoms with Crippen LogP contribution in [0.15, 0.2) is 53.0 Å². The lowest BCUT2D eigenvalue weighted by atomic mass is 10.0. The molecule has 1 N–H and O–H groups in total. The molecule has 1 nitrogen and oxygen atoms in total. The fraction of sp³-hybridized carbons (Fsp3) is 0.294. The van der Waals surface area contributed by atoms with Crippen molar-refractivity contribution in [3.8, 4) is 0 Å². The third-order valence-corrected chi connectivity index (χ3v) is 3.95. The van der Waals surface area contributed by atoms with E-state index in [1.807, 2.05) is 18.2 Å². The molecule has 0 aliphatic carbocycles. The van der Waals surface area contributed by atoms with Crippen LogP contribution in [0.4, 0.5) is 4.39 Å². The highest BCUT2D eigenvalue weighted by atomic mass is 79.9. The second-order valence-corrected chi connectivity index (χ2v) is 5.87. The molecule has 2 aromatic rings. The van der Waals surface area contributed by atoms with E-state index < -0.39 is 0 Å².